The summed E-state index contributed by atoms with van der Waals surface area (Å²) in [6.07, 6.45) is 2.40. The molecule has 0 unspecified atom stereocenters. The molecule has 4 nitrogen and oxygen atoms in total. The maximum Gasteiger partial charge on any atom is 0.192 e. The third kappa shape index (κ3) is 2.80. The van der Waals surface area contributed by atoms with Crippen LogP contribution in [0.3, 0.4) is 0 Å². The minimum absolute atomic E-state index is 0.565. The van der Waals surface area contributed by atoms with E-state index in [1.165, 1.54) is 25.9 Å². The van der Waals surface area contributed by atoms with Gasteiger partial charge in [0.1, 0.15) is 5.52 Å². The third-order valence-corrected chi connectivity index (χ3v) is 4.13. The molecule has 0 spiro atoms. The third-order valence-electron chi connectivity index (χ3n) is 4.13. The van der Waals surface area contributed by atoms with E-state index in [4.69, 9.17) is 4.42 Å². The predicted octanol–water partition coefficient (Wildman–Crippen LogP) is 3.42. The van der Waals surface area contributed by atoms with Gasteiger partial charge in [-0.15, -0.1) is 0 Å². The Morgan fingerprint density at radius 3 is 2.75 bits per heavy atom. The summed E-state index contributed by atoms with van der Waals surface area (Å²) < 4.78 is 5.51. The smallest absolute Gasteiger partial charge is 0.192 e. The maximum absolute atomic E-state index is 5.51. The van der Waals surface area contributed by atoms with E-state index >= 15 is 0 Å². The van der Waals surface area contributed by atoms with Crippen molar-refractivity contribution in [2.45, 2.75) is 45.7 Å². The van der Waals surface area contributed by atoms with Gasteiger partial charge in [0.25, 0.3) is 0 Å². The first-order valence-electron chi connectivity index (χ1n) is 7.49. The number of nitrogens with one attached hydrogen (secondary N) is 1. The number of oxazole rings is 1. The molecule has 3 rings (SSSR count). The summed E-state index contributed by atoms with van der Waals surface area (Å²) in [5.41, 5.74) is 2.95. The van der Waals surface area contributed by atoms with Crippen LogP contribution < -0.4 is 5.32 Å². The summed E-state index contributed by atoms with van der Waals surface area (Å²) in [5, 5.41) is 3.63. The highest BCUT2D eigenvalue weighted by Crippen LogP contribution is 2.22. The number of hydrogen-bond donors (Lipinski definition) is 1. The van der Waals surface area contributed by atoms with E-state index < -0.39 is 0 Å². The summed E-state index contributed by atoms with van der Waals surface area (Å²) in [6.45, 7) is 8.79. The Kier molecular flexibility index (Phi) is 3.66. The standard InChI is InChI=1S/C16H23N3O/c1-11(2)19-8-6-13(7-9-19)18-14-4-5-16-15(10-14)17-12(3)20-16/h4-5,10-11,13,18H,6-9H2,1-3H3. The van der Waals surface area contributed by atoms with Crippen molar-refractivity contribution in [3.05, 3.63) is 24.1 Å². The van der Waals surface area contributed by atoms with Crippen molar-refractivity contribution in [3.63, 3.8) is 0 Å². The average molecular weight is 273 g/mol. The van der Waals surface area contributed by atoms with Crippen LogP contribution >= 0.6 is 0 Å². The number of nitrogens with zero attached hydrogens (tertiary/aromatic N) is 2. The molecule has 0 radical (unpaired) electrons. The number of fused-ring (bicyclic) bond motifs is 1. The van der Waals surface area contributed by atoms with Crippen molar-refractivity contribution in [2.24, 2.45) is 0 Å². The van der Waals surface area contributed by atoms with Crippen LogP contribution in [0.2, 0.25) is 0 Å². The first-order valence-corrected chi connectivity index (χ1v) is 7.49. The Balaban J connectivity index is 1.65. The molecular formula is C16H23N3O. The van der Waals surface area contributed by atoms with Crippen molar-refractivity contribution >= 4 is 16.8 Å². The fraction of sp³-hybridized carbons (Fsp3) is 0.562. The molecule has 2 heterocycles. The van der Waals surface area contributed by atoms with E-state index in [0.717, 1.165) is 22.7 Å². The van der Waals surface area contributed by atoms with Crippen LogP contribution in [0.1, 0.15) is 32.6 Å². The van der Waals surface area contributed by atoms with Crippen molar-refractivity contribution in [3.8, 4) is 0 Å². The summed E-state index contributed by atoms with van der Waals surface area (Å²) in [6, 6.07) is 7.39. The normalized spacial score (nSPS) is 18.0. The lowest BCUT2D eigenvalue weighted by Crippen LogP contribution is -2.42. The first kappa shape index (κ1) is 13.4. The minimum Gasteiger partial charge on any atom is -0.441 e. The van der Waals surface area contributed by atoms with Gasteiger partial charge < -0.3 is 14.6 Å². The molecule has 1 N–H and O–H groups in total. The van der Waals surface area contributed by atoms with Crippen LogP contribution in [-0.2, 0) is 0 Å². The minimum atomic E-state index is 0.565. The van der Waals surface area contributed by atoms with Gasteiger partial charge in [-0.3, -0.25) is 0 Å². The van der Waals surface area contributed by atoms with Crippen LogP contribution in [0.4, 0.5) is 5.69 Å². The molecule has 20 heavy (non-hydrogen) atoms. The van der Waals surface area contributed by atoms with Crippen molar-refractivity contribution in [1.29, 1.82) is 0 Å². The van der Waals surface area contributed by atoms with E-state index in [9.17, 15) is 0 Å². The van der Waals surface area contributed by atoms with E-state index in [1.54, 1.807) is 0 Å². The van der Waals surface area contributed by atoms with Gasteiger partial charge >= 0.3 is 0 Å². The van der Waals surface area contributed by atoms with Crippen LogP contribution in [-0.4, -0.2) is 35.1 Å². The van der Waals surface area contributed by atoms with Crippen molar-refractivity contribution in [2.75, 3.05) is 18.4 Å². The lowest BCUT2D eigenvalue weighted by Gasteiger charge is -2.35. The quantitative estimate of drug-likeness (QED) is 0.930. The molecule has 0 saturated carbocycles. The van der Waals surface area contributed by atoms with Gasteiger partial charge in [-0.1, -0.05) is 0 Å². The summed E-state index contributed by atoms with van der Waals surface area (Å²) >= 11 is 0. The zero-order valence-corrected chi connectivity index (χ0v) is 12.5. The number of rotatable bonds is 3. The zero-order valence-electron chi connectivity index (χ0n) is 12.5. The topological polar surface area (TPSA) is 41.3 Å². The molecule has 0 bridgehead atoms. The number of aromatic nitrogens is 1. The molecular weight excluding hydrogens is 250 g/mol. The van der Waals surface area contributed by atoms with E-state index in [2.05, 4.69) is 41.2 Å². The van der Waals surface area contributed by atoms with Gasteiger partial charge in [-0.25, -0.2) is 4.98 Å². The van der Waals surface area contributed by atoms with Crippen molar-refractivity contribution < 1.29 is 4.42 Å². The molecule has 1 saturated heterocycles. The molecule has 1 aromatic carbocycles. The Morgan fingerprint density at radius 2 is 2.05 bits per heavy atom. The highest BCUT2D eigenvalue weighted by molar-refractivity contribution is 5.77. The molecule has 108 valence electrons. The SMILES string of the molecule is Cc1nc2cc(NC3CCN(C(C)C)CC3)ccc2o1. The largest absolute Gasteiger partial charge is 0.441 e. The van der Waals surface area contributed by atoms with Gasteiger partial charge in [-0.05, 0) is 44.9 Å². The zero-order chi connectivity index (χ0) is 14.1. The second-order valence-electron chi connectivity index (χ2n) is 5.96. The number of hydrogen-bond acceptors (Lipinski definition) is 4. The van der Waals surface area contributed by atoms with Crippen LogP contribution in [0.25, 0.3) is 11.1 Å². The lowest BCUT2D eigenvalue weighted by atomic mass is 10.0. The lowest BCUT2D eigenvalue weighted by molar-refractivity contribution is 0.177. The second kappa shape index (κ2) is 5.44. The molecule has 1 aliphatic heterocycles. The summed E-state index contributed by atoms with van der Waals surface area (Å²) in [5.74, 6) is 0.724. The number of benzene rings is 1. The fourth-order valence-electron chi connectivity index (χ4n) is 2.93. The average Bonchev–Trinajstić information content (AvgIpc) is 2.78. The molecule has 0 amide bonds. The number of anilines is 1. The van der Waals surface area contributed by atoms with E-state index in [1.807, 2.05) is 13.0 Å². The number of aryl methyl sites for hydroxylation is 1. The van der Waals surface area contributed by atoms with Gasteiger partial charge in [0.2, 0.25) is 0 Å². The predicted molar refractivity (Wildman–Crippen MR) is 82.1 cm³/mol. The van der Waals surface area contributed by atoms with Gasteiger partial charge in [0.15, 0.2) is 11.5 Å². The molecule has 0 atom stereocenters. The van der Waals surface area contributed by atoms with Gasteiger partial charge in [0.05, 0.1) is 0 Å². The molecule has 1 aliphatic rings. The fourth-order valence-corrected chi connectivity index (χ4v) is 2.93. The monoisotopic (exact) mass is 273 g/mol. The molecule has 0 aliphatic carbocycles. The molecule has 1 aromatic heterocycles. The molecule has 1 fully saturated rings. The van der Waals surface area contributed by atoms with Crippen LogP contribution in [0.15, 0.2) is 22.6 Å². The van der Waals surface area contributed by atoms with E-state index in [0.29, 0.717) is 12.1 Å². The highest BCUT2D eigenvalue weighted by Gasteiger charge is 2.20. The van der Waals surface area contributed by atoms with Crippen LogP contribution in [0.5, 0.6) is 0 Å². The summed E-state index contributed by atoms with van der Waals surface area (Å²) in [4.78, 5) is 6.93. The Morgan fingerprint density at radius 1 is 1.30 bits per heavy atom. The molecule has 2 aromatic rings. The maximum atomic E-state index is 5.51. The second-order valence-corrected chi connectivity index (χ2v) is 5.96. The van der Waals surface area contributed by atoms with Crippen LogP contribution in [0, 0.1) is 6.92 Å². The summed E-state index contributed by atoms with van der Waals surface area (Å²) in [7, 11) is 0. The van der Waals surface area contributed by atoms with Gasteiger partial charge in [-0.2, -0.15) is 0 Å². The number of piperidine rings is 1. The Bertz CT molecular complexity index is 582. The number of likely N-dealkylation sites (tertiary alicyclic amines) is 1. The first-order chi connectivity index (χ1) is 9.61. The Labute approximate surface area is 120 Å². The van der Waals surface area contributed by atoms with Gasteiger partial charge in [0, 0.05) is 37.8 Å². The molecule has 4 heteroatoms. The Hall–Kier alpha value is -1.55. The van der Waals surface area contributed by atoms with Crippen molar-refractivity contribution in [1.82, 2.24) is 9.88 Å². The highest BCUT2D eigenvalue weighted by atomic mass is 16.3. The van der Waals surface area contributed by atoms with E-state index in [-0.39, 0.29) is 0 Å².